The van der Waals surface area contributed by atoms with E-state index in [4.69, 9.17) is 8.85 Å². The second kappa shape index (κ2) is 9.58. The minimum Gasteiger partial charge on any atom is -0.394 e. The van der Waals surface area contributed by atoms with Gasteiger partial charge in [-0.25, -0.2) is 0 Å². The molecule has 0 spiro atoms. The van der Waals surface area contributed by atoms with Gasteiger partial charge in [0.15, 0.2) is 0 Å². The van der Waals surface area contributed by atoms with Crippen molar-refractivity contribution in [1.29, 1.82) is 0 Å². The monoisotopic (exact) mass is 344 g/mol. The first-order chi connectivity index (χ1) is 10.3. The molecule has 2 nitrogen and oxygen atoms in total. The van der Waals surface area contributed by atoms with Crippen molar-refractivity contribution in [2.45, 2.75) is 94.2 Å². The van der Waals surface area contributed by atoms with Crippen LogP contribution in [0, 0.1) is 22.7 Å². The van der Waals surface area contributed by atoms with Gasteiger partial charge in [0.25, 0.3) is 0 Å². The summed E-state index contributed by atoms with van der Waals surface area (Å²) in [6, 6.07) is 2.24. The zero-order valence-corrected chi connectivity index (χ0v) is 18.7. The summed E-state index contributed by atoms with van der Waals surface area (Å²) < 4.78 is 12.6. The summed E-state index contributed by atoms with van der Waals surface area (Å²) in [7, 11) is -2.08. The Labute approximate surface area is 148 Å². The minimum absolute atomic E-state index is 0.369. The van der Waals surface area contributed by atoms with Crippen LogP contribution in [0.1, 0.15) is 82.1 Å². The molecule has 0 heterocycles. The molecule has 1 unspecified atom stereocenters. The highest BCUT2D eigenvalue weighted by atomic mass is 28.4. The van der Waals surface area contributed by atoms with Crippen molar-refractivity contribution < 1.29 is 8.85 Å². The molecule has 0 saturated carbocycles. The summed E-state index contributed by atoms with van der Waals surface area (Å²) in [5.41, 5.74) is 0.754. The molecule has 0 bridgehead atoms. The number of rotatable bonds is 11. The lowest BCUT2D eigenvalue weighted by atomic mass is 9.72. The standard InChI is InChI=1S/C20H44O2Si/c1-11-21-23(22-12-2,14-17(3)4)15-18(5)13-20(9,10)16-19(6,7)8/h17-18H,11-16H2,1-10H3. The van der Waals surface area contributed by atoms with Crippen LogP contribution in [-0.4, -0.2) is 21.8 Å². The molecule has 0 aliphatic heterocycles. The third-order valence-corrected chi connectivity index (χ3v) is 8.49. The topological polar surface area (TPSA) is 18.5 Å². The third-order valence-electron chi connectivity index (χ3n) is 4.10. The molecule has 0 aromatic heterocycles. The molecule has 0 amide bonds. The van der Waals surface area contributed by atoms with Gasteiger partial charge < -0.3 is 8.85 Å². The Bertz CT molecular complexity index is 312. The molecule has 23 heavy (non-hydrogen) atoms. The first-order valence-corrected chi connectivity index (χ1v) is 11.9. The van der Waals surface area contributed by atoms with E-state index in [0.29, 0.717) is 22.7 Å². The van der Waals surface area contributed by atoms with E-state index in [1.165, 1.54) is 12.8 Å². The predicted molar refractivity (Wildman–Crippen MR) is 105 cm³/mol. The average Bonchev–Trinajstić information content (AvgIpc) is 2.22. The van der Waals surface area contributed by atoms with Crippen LogP contribution in [0.2, 0.25) is 12.1 Å². The Balaban J connectivity index is 4.96. The largest absolute Gasteiger partial charge is 0.394 e. The van der Waals surface area contributed by atoms with Crippen molar-refractivity contribution in [3.8, 4) is 0 Å². The molecule has 0 aromatic rings. The lowest BCUT2D eigenvalue weighted by Gasteiger charge is -2.38. The van der Waals surface area contributed by atoms with E-state index in [1.54, 1.807) is 0 Å². The second-order valence-corrected chi connectivity index (χ2v) is 13.0. The number of hydrogen-bond acceptors (Lipinski definition) is 2. The first kappa shape index (κ1) is 23.1. The van der Waals surface area contributed by atoms with Crippen molar-refractivity contribution in [2.24, 2.45) is 22.7 Å². The maximum Gasteiger partial charge on any atom is 0.338 e. The zero-order valence-electron chi connectivity index (χ0n) is 17.7. The molecule has 0 aromatic carbocycles. The fraction of sp³-hybridized carbons (Fsp3) is 1.00. The smallest absolute Gasteiger partial charge is 0.338 e. The Morgan fingerprint density at radius 3 is 1.65 bits per heavy atom. The molecule has 0 saturated heterocycles. The van der Waals surface area contributed by atoms with Crippen LogP contribution in [0.3, 0.4) is 0 Å². The van der Waals surface area contributed by atoms with Crippen molar-refractivity contribution in [1.82, 2.24) is 0 Å². The van der Waals surface area contributed by atoms with E-state index in [0.717, 1.165) is 25.3 Å². The van der Waals surface area contributed by atoms with Crippen LogP contribution in [0.4, 0.5) is 0 Å². The molecular weight excluding hydrogens is 300 g/mol. The van der Waals surface area contributed by atoms with Gasteiger partial charge in [0.05, 0.1) is 0 Å². The number of hydrogen-bond donors (Lipinski definition) is 0. The van der Waals surface area contributed by atoms with E-state index in [2.05, 4.69) is 69.2 Å². The highest BCUT2D eigenvalue weighted by Gasteiger charge is 2.40. The molecule has 0 N–H and O–H groups in total. The summed E-state index contributed by atoms with van der Waals surface area (Å²) in [5.74, 6) is 1.28. The molecular formula is C20H44O2Si. The maximum atomic E-state index is 6.28. The summed E-state index contributed by atoms with van der Waals surface area (Å²) in [4.78, 5) is 0. The molecule has 0 aliphatic rings. The van der Waals surface area contributed by atoms with Gasteiger partial charge in [0, 0.05) is 13.2 Å². The van der Waals surface area contributed by atoms with Gasteiger partial charge in [-0.3, -0.25) is 0 Å². The zero-order chi connectivity index (χ0) is 18.3. The third kappa shape index (κ3) is 10.6. The van der Waals surface area contributed by atoms with Crippen LogP contribution in [0.5, 0.6) is 0 Å². The predicted octanol–water partition coefficient (Wildman–Crippen LogP) is 6.65. The van der Waals surface area contributed by atoms with Crippen molar-refractivity contribution in [3.63, 3.8) is 0 Å². The van der Waals surface area contributed by atoms with E-state index < -0.39 is 8.56 Å². The molecule has 3 heteroatoms. The van der Waals surface area contributed by atoms with Gasteiger partial charge in [0.1, 0.15) is 0 Å². The fourth-order valence-electron chi connectivity index (χ4n) is 4.56. The van der Waals surface area contributed by atoms with E-state index in [1.807, 2.05) is 0 Å². The van der Waals surface area contributed by atoms with Crippen LogP contribution in [0.15, 0.2) is 0 Å². The van der Waals surface area contributed by atoms with Gasteiger partial charge in [-0.15, -0.1) is 0 Å². The molecule has 1 atom stereocenters. The van der Waals surface area contributed by atoms with Crippen molar-refractivity contribution >= 4 is 8.56 Å². The summed E-state index contributed by atoms with van der Waals surface area (Å²) in [6.07, 6.45) is 2.50. The van der Waals surface area contributed by atoms with E-state index in [9.17, 15) is 0 Å². The fourth-order valence-corrected chi connectivity index (χ4v) is 8.79. The highest BCUT2D eigenvalue weighted by molar-refractivity contribution is 6.67. The van der Waals surface area contributed by atoms with Gasteiger partial charge in [-0.05, 0) is 61.4 Å². The SMILES string of the molecule is CCO[Si](CC(C)C)(CC(C)CC(C)(C)CC(C)(C)C)OCC. The maximum absolute atomic E-state index is 6.28. The highest BCUT2D eigenvalue weighted by Crippen LogP contribution is 2.40. The Hall–Kier alpha value is 0.137. The Morgan fingerprint density at radius 1 is 0.826 bits per heavy atom. The molecule has 0 rings (SSSR count). The average molecular weight is 345 g/mol. The molecule has 0 fully saturated rings. The lowest BCUT2D eigenvalue weighted by Crippen LogP contribution is -2.45. The summed E-state index contributed by atoms with van der Waals surface area (Å²) in [6.45, 7) is 24.6. The van der Waals surface area contributed by atoms with E-state index >= 15 is 0 Å². The minimum atomic E-state index is -2.08. The molecule has 0 radical (unpaired) electrons. The normalized spacial score (nSPS) is 15.3. The first-order valence-electron chi connectivity index (χ1n) is 9.62. The van der Waals surface area contributed by atoms with Crippen LogP contribution >= 0.6 is 0 Å². The van der Waals surface area contributed by atoms with Gasteiger partial charge in [-0.1, -0.05) is 55.4 Å². The van der Waals surface area contributed by atoms with Gasteiger partial charge in [-0.2, -0.15) is 0 Å². The van der Waals surface area contributed by atoms with E-state index in [-0.39, 0.29) is 0 Å². The van der Waals surface area contributed by atoms with Gasteiger partial charge in [0.2, 0.25) is 0 Å². The van der Waals surface area contributed by atoms with Gasteiger partial charge >= 0.3 is 8.56 Å². The summed E-state index contributed by atoms with van der Waals surface area (Å²) in [5, 5.41) is 0. The lowest BCUT2D eigenvalue weighted by molar-refractivity contribution is 0.155. The quantitative estimate of drug-likeness (QED) is 0.391. The Kier molecular flexibility index (Phi) is 9.63. The molecule has 140 valence electrons. The second-order valence-electron chi connectivity index (χ2n) is 9.79. The van der Waals surface area contributed by atoms with Crippen LogP contribution < -0.4 is 0 Å². The van der Waals surface area contributed by atoms with Crippen LogP contribution in [0.25, 0.3) is 0 Å². The van der Waals surface area contributed by atoms with Crippen molar-refractivity contribution in [2.75, 3.05) is 13.2 Å². The summed E-state index contributed by atoms with van der Waals surface area (Å²) >= 11 is 0. The molecule has 0 aliphatic carbocycles. The Morgan fingerprint density at radius 2 is 1.30 bits per heavy atom. The van der Waals surface area contributed by atoms with Crippen LogP contribution in [-0.2, 0) is 8.85 Å². The van der Waals surface area contributed by atoms with Crippen molar-refractivity contribution in [3.05, 3.63) is 0 Å².